The molecule has 1 fully saturated rings. The molecule has 0 unspecified atom stereocenters. The van der Waals surface area contributed by atoms with E-state index in [4.69, 9.17) is 4.74 Å². The molecule has 5 heteroatoms. The summed E-state index contributed by atoms with van der Waals surface area (Å²) in [6.45, 7) is 6.23. The smallest absolute Gasteiger partial charge is 0.407 e. The Hall–Kier alpha value is -2.04. The summed E-state index contributed by atoms with van der Waals surface area (Å²) in [5, 5.41) is 5.67. The van der Waals surface area contributed by atoms with Crippen LogP contribution in [0.1, 0.15) is 39.2 Å². The Labute approximate surface area is 131 Å². The highest BCUT2D eigenvalue weighted by Gasteiger charge is 2.37. The van der Waals surface area contributed by atoms with Crippen LogP contribution in [0, 0.1) is 5.92 Å². The molecule has 1 aliphatic rings. The van der Waals surface area contributed by atoms with Gasteiger partial charge in [-0.3, -0.25) is 4.79 Å². The number of carbonyl (C=O) groups is 2. The van der Waals surface area contributed by atoms with E-state index in [0.717, 1.165) is 5.56 Å². The maximum absolute atomic E-state index is 12.0. The fourth-order valence-electron chi connectivity index (χ4n) is 2.29. The maximum Gasteiger partial charge on any atom is 0.407 e. The highest BCUT2D eigenvalue weighted by molar-refractivity contribution is 5.80. The minimum absolute atomic E-state index is 0.0277. The van der Waals surface area contributed by atoms with Gasteiger partial charge in [0.25, 0.3) is 0 Å². The van der Waals surface area contributed by atoms with Crippen LogP contribution < -0.4 is 10.6 Å². The van der Waals surface area contributed by atoms with Gasteiger partial charge >= 0.3 is 6.09 Å². The minimum atomic E-state index is -0.416. The normalized spacial score (nSPS) is 20.7. The van der Waals surface area contributed by atoms with Crippen molar-refractivity contribution in [3.8, 4) is 0 Å². The molecular formula is C17H24N2O3. The zero-order valence-corrected chi connectivity index (χ0v) is 13.4. The monoisotopic (exact) mass is 304 g/mol. The van der Waals surface area contributed by atoms with Crippen molar-refractivity contribution in [2.45, 2.75) is 51.8 Å². The van der Waals surface area contributed by atoms with Gasteiger partial charge in [-0.15, -0.1) is 0 Å². The van der Waals surface area contributed by atoms with Gasteiger partial charge in [0.1, 0.15) is 6.10 Å². The third-order valence-electron chi connectivity index (χ3n) is 3.53. The lowest BCUT2D eigenvalue weighted by Gasteiger charge is -2.34. The summed E-state index contributed by atoms with van der Waals surface area (Å²) in [6, 6.07) is 9.79. The van der Waals surface area contributed by atoms with Gasteiger partial charge in [-0.1, -0.05) is 30.3 Å². The van der Waals surface area contributed by atoms with Crippen molar-refractivity contribution in [1.29, 1.82) is 0 Å². The van der Waals surface area contributed by atoms with E-state index >= 15 is 0 Å². The van der Waals surface area contributed by atoms with Crippen molar-refractivity contribution < 1.29 is 14.3 Å². The number of alkyl carbamates (subject to hydrolysis) is 1. The second kappa shape index (κ2) is 6.81. The van der Waals surface area contributed by atoms with Crippen LogP contribution in [-0.2, 0) is 16.1 Å². The zero-order chi connectivity index (χ0) is 16.2. The van der Waals surface area contributed by atoms with E-state index < -0.39 is 6.09 Å². The van der Waals surface area contributed by atoms with Crippen molar-refractivity contribution in [2.24, 2.45) is 5.92 Å². The average molecular weight is 304 g/mol. The summed E-state index contributed by atoms with van der Waals surface area (Å²) in [7, 11) is 0. The topological polar surface area (TPSA) is 67.4 Å². The van der Waals surface area contributed by atoms with Gasteiger partial charge in [-0.2, -0.15) is 0 Å². The van der Waals surface area contributed by atoms with E-state index in [1.165, 1.54) is 0 Å². The van der Waals surface area contributed by atoms with Gasteiger partial charge in [-0.25, -0.2) is 4.79 Å². The highest BCUT2D eigenvalue weighted by Crippen LogP contribution is 2.30. The summed E-state index contributed by atoms with van der Waals surface area (Å²) >= 11 is 0. The van der Waals surface area contributed by atoms with Crippen LogP contribution in [0.25, 0.3) is 0 Å². The summed E-state index contributed by atoms with van der Waals surface area (Å²) < 4.78 is 5.28. The van der Waals surface area contributed by atoms with Crippen LogP contribution in [-0.4, -0.2) is 23.6 Å². The van der Waals surface area contributed by atoms with Crippen molar-refractivity contribution in [3.63, 3.8) is 0 Å². The minimum Gasteiger partial charge on any atom is -0.446 e. The molecule has 22 heavy (non-hydrogen) atoms. The quantitative estimate of drug-likeness (QED) is 0.898. The van der Waals surface area contributed by atoms with Crippen LogP contribution in [0.5, 0.6) is 0 Å². The second-order valence-corrected chi connectivity index (χ2v) is 6.77. The van der Waals surface area contributed by atoms with Crippen molar-refractivity contribution >= 4 is 12.0 Å². The number of hydrogen-bond donors (Lipinski definition) is 2. The van der Waals surface area contributed by atoms with Gasteiger partial charge in [0.2, 0.25) is 5.91 Å². The number of amides is 2. The molecule has 5 nitrogen and oxygen atoms in total. The standard InChI is InChI=1S/C17H24N2O3/c1-17(2,3)19-16(21)22-14-9-13(10-14)15(20)18-11-12-7-5-4-6-8-12/h4-8,13-14H,9-11H2,1-3H3,(H,18,20)(H,19,21). The molecule has 120 valence electrons. The molecule has 0 spiro atoms. The third kappa shape index (κ3) is 5.06. The first-order valence-electron chi connectivity index (χ1n) is 7.64. The summed E-state index contributed by atoms with van der Waals surface area (Å²) in [5.41, 5.74) is 0.764. The molecule has 1 aromatic carbocycles. The molecule has 0 aromatic heterocycles. The Morgan fingerprint density at radius 1 is 1.18 bits per heavy atom. The van der Waals surface area contributed by atoms with Crippen LogP contribution in [0.2, 0.25) is 0 Å². The van der Waals surface area contributed by atoms with E-state index in [-0.39, 0.29) is 23.5 Å². The molecule has 0 saturated heterocycles. The summed E-state index contributed by atoms with van der Waals surface area (Å²) in [5.74, 6) is -0.0314. The van der Waals surface area contributed by atoms with E-state index in [1.54, 1.807) is 0 Å². The van der Waals surface area contributed by atoms with Gasteiger partial charge in [-0.05, 0) is 39.2 Å². The van der Waals surface area contributed by atoms with E-state index in [9.17, 15) is 9.59 Å². The molecular weight excluding hydrogens is 280 g/mol. The molecule has 1 aliphatic carbocycles. The van der Waals surface area contributed by atoms with E-state index in [1.807, 2.05) is 51.1 Å². The predicted molar refractivity (Wildman–Crippen MR) is 84.2 cm³/mol. The third-order valence-corrected chi connectivity index (χ3v) is 3.53. The summed E-state index contributed by atoms with van der Waals surface area (Å²) in [4.78, 5) is 23.6. The lowest BCUT2D eigenvalue weighted by Crippen LogP contribution is -2.47. The first-order chi connectivity index (χ1) is 10.3. The van der Waals surface area contributed by atoms with Crippen molar-refractivity contribution in [1.82, 2.24) is 10.6 Å². The number of benzene rings is 1. The number of ether oxygens (including phenoxy) is 1. The maximum atomic E-state index is 12.0. The Bertz CT molecular complexity index is 516. The Morgan fingerprint density at radius 3 is 2.41 bits per heavy atom. The van der Waals surface area contributed by atoms with E-state index in [2.05, 4.69) is 10.6 Å². The first kappa shape index (κ1) is 16.3. The van der Waals surface area contributed by atoms with Crippen LogP contribution in [0.4, 0.5) is 4.79 Å². The van der Waals surface area contributed by atoms with Gasteiger partial charge < -0.3 is 15.4 Å². The van der Waals surface area contributed by atoms with Crippen LogP contribution >= 0.6 is 0 Å². The molecule has 0 radical (unpaired) electrons. The zero-order valence-electron chi connectivity index (χ0n) is 13.4. The van der Waals surface area contributed by atoms with Gasteiger partial charge in [0.15, 0.2) is 0 Å². The molecule has 0 atom stereocenters. The first-order valence-corrected chi connectivity index (χ1v) is 7.64. The summed E-state index contributed by atoms with van der Waals surface area (Å²) in [6.07, 6.45) is 0.617. The second-order valence-electron chi connectivity index (χ2n) is 6.77. The van der Waals surface area contributed by atoms with Crippen LogP contribution in [0.3, 0.4) is 0 Å². The predicted octanol–water partition coefficient (Wildman–Crippen LogP) is 2.61. The fraction of sp³-hybridized carbons (Fsp3) is 0.529. The fourth-order valence-corrected chi connectivity index (χ4v) is 2.29. The Balaban J connectivity index is 1.66. The Morgan fingerprint density at radius 2 is 1.82 bits per heavy atom. The molecule has 0 heterocycles. The lowest BCUT2D eigenvalue weighted by molar-refractivity contribution is -0.131. The molecule has 2 amide bonds. The number of nitrogens with one attached hydrogen (secondary N) is 2. The van der Waals surface area contributed by atoms with Crippen molar-refractivity contribution in [2.75, 3.05) is 0 Å². The SMILES string of the molecule is CC(C)(C)NC(=O)OC1CC(C(=O)NCc2ccccc2)C1. The molecule has 1 aromatic rings. The lowest BCUT2D eigenvalue weighted by atomic mass is 9.81. The molecule has 2 N–H and O–H groups in total. The number of carbonyl (C=O) groups excluding carboxylic acids is 2. The van der Waals surface area contributed by atoms with Crippen LogP contribution in [0.15, 0.2) is 30.3 Å². The van der Waals surface area contributed by atoms with Gasteiger partial charge in [0, 0.05) is 18.0 Å². The number of rotatable bonds is 4. The van der Waals surface area contributed by atoms with E-state index in [0.29, 0.717) is 19.4 Å². The average Bonchev–Trinajstić information content (AvgIpc) is 2.39. The largest absolute Gasteiger partial charge is 0.446 e. The molecule has 1 saturated carbocycles. The molecule has 2 rings (SSSR count). The van der Waals surface area contributed by atoms with Gasteiger partial charge in [0.05, 0.1) is 0 Å². The Kier molecular flexibility index (Phi) is 5.06. The van der Waals surface area contributed by atoms with Crippen molar-refractivity contribution in [3.05, 3.63) is 35.9 Å². The number of hydrogen-bond acceptors (Lipinski definition) is 3. The molecule has 0 bridgehead atoms. The molecule has 0 aliphatic heterocycles. The highest BCUT2D eigenvalue weighted by atomic mass is 16.6.